The number of ether oxygens (including phenoxy) is 1. The van der Waals surface area contributed by atoms with Gasteiger partial charge < -0.3 is 10.1 Å². The highest BCUT2D eigenvalue weighted by atomic mass is 32.1. The van der Waals surface area contributed by atoms with E-state index in [9.17, 15) is 4.79 Å². The van der Waals surface area contributed by atoms with Gasteiger partial charge in [0.15, 0.2) is 0 Å². The summed E-state index contributed by atoms with van der Waals surface area (Å²) in [6.45, 7) is 4.85. The number of fused-ring (bicyclic) bond motifs is 1. The van der Waals surface area contributed by atoms with Crippen LogP contribution in [0.4, 0.5) is 0 Å². The van der Waals surface area contributed by atoms with Crippen molar-refractivity contribution < 1.29 is 9.53 Å². The van der Waals surface area contributed by atoms with Crippen molar-refractivity contribution in [1.82, 2.24) is 10.3 Å². The molecule has 2 aromatic rings. The summed E-state index contributed by atoms with van der Waals surface area (Å²) < 4.78 is 6.03. The first-order valence-corrected chi connectivity index (χ1v) is 8.84. The number of nitrogens with one attached hydrogen (secondary N) is 1. The van der Waals surface area contributed by atoms with Gasteiger partial charge in [-0.2, -0.15) is 0 Å². The van der Waals surface area contributed by atoms with Gasteiger partial charge in [0.2, 0.25) is 5.91 Å². The lowest BCUT2D eigenvalue weighted by Crippen LogP contribution is -2.39. The van der Waals surface area contributed by atoms with Crippen LogP contribution in [0.25, 0.3) is 0 Å². The van der Waals surface area contributed by atoms with Gasteiger partial charge in [-0.15, -0.1) is 11.3 Å². The molecule has 0 radical (unpaired) electrons. The molecule has 1 unspecified atom stereocenters. The number of hydrogen-bond donors (Lipinski definition) is 1. The van der Waals surface area contributed by atoms with E-state index in [1.807, 2.05) is 23.6 Å². The van der Waals surface area contributed by atoms with Gasteiger partial charge in [0.25, 0.3) is 0 Å². The third-order valence-corrected chi connectivity index (χ3v) is 4.92. The van der Waals surface area contributed by atoms with Gasteiger partial charge in [0, 0.05) is 36.9 Å². The lowest BCUT2D eigenvalue weighted by molar-refractivity contribution is -0.121. The Morgan fingerprint density at radius 1 is 1.43 bits per heavy atom. The Labute approximate surface area is 140 Å². The molecule has 5 heteroatoms. The molecule has 1 aromatic carbocycles. The van der Waals surface area contributed by atoms with E-state index in [0.29, 0.717) is 25.3 Å². The van der Waals surface area contributed by atoms with E-state index in [1.54, 1.807) is 17.5 Å². The van der Waals surface area contributed by atoms with Crippen LogP contribution < -0.4 is 10.1 Å². The smallest absolute Gasteiger partial charge is 0.220 e. The molecule has 2 heterocycles. The van der Waals surface area contributed by atoms with Crippen LogP contribution in [-0.2, 0) is 11.2 Å². The molecule has 1 N–H and O–H groups in total. The molecule has 0 aliphatic carbocycles. The number of carbonyl (C=O) groups is 1. The fraction of sp³-hybridized carbons (Fsp3) is 0.444. The first-order chi connectivity index (χ1) is 11.0. The molecular formula is C18H22N2O2S. The number of carbonyl (C=O) groups excluding carboxylic acids is 1. The molecule has 0 fully saturated rings. The van der Waals surface area contributed by atoms with Crippen LogP contribution in [0.3, 0.4) is 0 Å². The van der Waals surface area contributed by atoms with Crippen LogP contribution in [0.15, 0.2) is 35.8 Å². The van der Waals surface area contributed by atoms with Gasteiger partial charge in [-0.3, -0.25) is 4.79 Å². The molecule has 122 valence electrons. The molecule has 0 saturated carbocycles. The lowest BCUT2D eigenvalue weighted by atomic mass is 9.84. The number of rotatable bonds is 5. The second kappa shape index (κ2) is 6.71. The number of para-hydroxylation sites is 1. The van der Waals surface area contributed by atoms with E-state index in [0.717, 1.165) is 17.2 Å². The van der Waals surface area contributed by atoms with E-state index < -0.39 is 0 Å². The quantitative estimate of drug-likeness (QED) is 0.912. The van der Waals surface area contributed by atoms with Gasteiger partial charge in [-0.1, -0.05) is 18.2 Å². The SMILES string of the molecule is CC1(C)CC(CNC(=O)CCc2nccs2)c2ccccc2O1. The minimum atomic E-state index is -0.204. The highest BCUT2D eigenvalue weighted by Crippen LogP contribution is 2.40. The molecule has 4 nitrogen and oxygen atoms in total. The number of benzene rings is 1. The van der Waals surface area contributed by atoms with Gasteiger partial charge in [-0.25, -0.2) is 4.98 Å². The second-order valence-electron chi connectivity index (χ2n) is 6.53. The normalized spacial score (nSPS) is 18.8. The van der Waals surface area contributed by atoms with E-state index >= 15 is 0 Å². The first-order valence-electron chi connectivity index (χ1n) is 7.96. The minimum Gasteiger partial charge on any atom is -0.488 e. The molecule has 1 atom stereocenters. The van der Waals surface area contributed by atoms with Gasteiger partial charge in [-0.05, 0) is 31.9 Å². The molecule has 1 aromatic heterocycles. The predicted molar refractivity (Wildman–Crippen MR) is 92.0 cm³/mol. The second-order valence-corrected chi connectivity index (χ2v) is 7.51. The number of nitrogens with zero attached hydrogens (tertiary/aromatic N) is 1. The number of hydrogen-bond acceptors (Lipinski definition) is 4. The van der Waals surface area contributed by atoms with Crippen molar-refractivity contribution in [2.45, 2.75) is 44.6 Å². The van der Waals surface area contributed by atoms with E-state index in [2.05, 4.69) is 30.2 Å². The summed E-state index contributed by atoms with van der Waals surface area (Å²) in [7, 11) is 0. The summed E-state index contributed by atoms with van der Waals surface area (Å²) in [4.78, 5) is 16.3. The van der Waals surface area contributed by atoms with Crippen molar-refractivity contribution in [3.8, 4) is 5.75 Å². The maximum atomic E-state index is 12.1. The Kier molecular flexibility index (Phi) is 4.66. The van der Waals surface area contributed by atoms with Crippen LogP contribution in [0.2, 0.25) is 0 Å². The van der Waals surface area contributed by atoms with Crippen molar-refractivity contribution >= 4 is 17.2 Å². The van der Waals surface area contributed by atoms with Gasteiger partial charge >= 0.3 is 0 Å². The molecule has 3 rings (SSSR count). The van der Waals surface area contributed by atoms with Gasteiger partial charge in [0.05, 0.1) is 5.01 Å². The minimum absolute atomic E-state index is 0.0852. The van der Waals surface area contributed by atoms with Crippen LogP contribution in [0.1, 0.15) is 43.2 Å². The lowest BCUT2D eigenvalue weighted by Gasteiger charge is -2.37. The maximum Gasteiger partial charge on any atom is 0.220 e. The van der Waals surface area contributed by atoms with Crippen molar-refractivity contribution in [2.75, 3.05) is 6.54 Å². The largest absolute Gasteiger partial charge is 0.488 e. The fourth-order valence-corrected chi connectivity index (χ4v) is 3.68. The fourth-order valence-electron chi connectivity index (χ4n) is 3.06. The number of amides is 1. The average molecular weight is 330 g/mol. The predicted octanol–water partition coefficient (Wildman–Crippen LogP) is 3.54. The van der Waals surface area contributed by atoms with E-state index in [1.165, 1.54) is 5.56 Å². The molecule has 0 bridgehead atoms. The van der Waals surface area contributed by atoms with Crippen molar-refractivity contribution in [3.63, 3.8) is 0 Å². The average Bonchev–Trinajstić information content (AvgIpc) is 3.03. The Morgan fingerprint density at radius 2 is 2.26 bits per heavy atom. The van der Waals surface area contributed by atoms with Crippen molar-refractivity contribution in [3.05, 3.63) is 46.4 Å². The number of aryl methyl sites for hydroxylation is 1. The molecule has 23 heavy (non-hydrogen) atoms. The Bertz CT molecular complexity index is 667. The Balaban J connectivity index is 1.58. The molecule has 1 aliphatic rings. The first kappa shape index (κ1) is 16.0. The highest BCUT2D eigenvalue weighted by molar-refractivity contribution is 7.09. The van der Waals surface area contributed by atoms with Gasteiger partial charge in [0.1, 0.15) is 11.4 Å². The van der Waals surface area contributed by atoms with E-state index in [-0.39, 0.29) is 11.5 Å². The summed E-state index contributed by atoms with van der Waals surface area (Å²) in [5.41, 5.74) is 0.983. The summed E-state index contributed by atoms with van der Waals surface area (Å²) in [5, 5.41) is 6.03. The number of aromatic nitrogens is 1. The summed E-state index contributed by atoms with van der Waals surface area (Å²) in [5.74, 6) is 1.31. The molecule has 1 amide bonds. The summed E-state index contributed by atoms with van der Waals surface area (Å²) in [6, 6.07) is 8.12. The molecular weight excluding hydrogens is 308 g/mol. The van der Waals surface area contributed by atoms with Crippen molar-refractivity contribution in [2.24, 2.45) is 0 Å². The molecule has 0 saturated heterocycles. The standard InChI is InChI=1S/C18H22N2O2S/c1-18(2)11-13(14-5-3-4-6-15(14)22-18)12-20-16(21)7-8-17-19-9-10-23-17/h3-6,9-10,13H,7-8,11-12H2,1-2H3,(H,20,21). The molecule has 0 spiro atoms. The monoisotopic (exact) mass is 330 g/mol. The molecule has 1 aliphatic heterocycles. The maximum absolute atomic E-state index is 12.1. The summed E-state index contributed by atoms with van der Waals surface area (Å²) >= 11 is 1.59. The van der Waals surface area contributed by atoms with Crippen LogP contribution >= 0.6 is 11.3 Å². The van der Waals surface area contributed by atoms with Crippen molar-refractivity contribution in [1.29, 1.82) is 0 Å². The van der Waals surface area contributed by atoms with Crippen LogP contribution in [0, 0.1) is 0 Å². The Morgan fingerprint density at radius 3 is 3.04 bits per heavy atom. The third-order valence-electron chi connectivity index (χ3n) is 4.08. The highest BCUT2D eigenvalue weighted by Gasteiger charge is 2.33. The topological polar surface area (TPSA) is 51.2 Å². The van der Waals surface area contributed by atoms with Crippen LogP contribution in [-0.4, -0.2) is 23.0 Å². The van der Waals surface area contributed by atoms with E-state index in [4.69, 9.17) is 4.74 Å². The zero-order valence-corrected chi connectivity index (χ0v) is 14.4. The zero-order chi connectivity index (χ0) is 16.3. The zero-order valence-electron chi connectivity index (χ0n) is 13.5. The summed E-state index contributed by atoms with van der Waals surface area (Å²) in [6.07, 6.45) is 3.87. The number of thiazole rings is 1. The third kappa shape index (κ3) is 4.10. The van der Waals surface area contributed by atoms with Crippen LogP contribution in [0.5, 0.6) is 5.75 Å². The Hall–Kier alpha value is -1.88.